The summed E-state index contributed by atoms with van der Waals surface area (Å²) in [6, 6.07) is 9.25. The molecule has 104 valence electrons. The van der Waals surface area contributed by atoms with Gasteiger partial charge in [0.2, 0.25) is 0 Å². The molecule has 0 amide bonds. The molecule has 0 atom stereocenters. The molecule has 6 nitrogen and oxygen atoms in total. The molecule has 0 aromatic carbocycles. The lowest BCUT2D eigenvalue weighted by atomic mass is 10.3. The summed E-state index contributed by atoms with van der Waals surface area (Å²) in [6.45, 7) is 2.32. The fraction of sp³-hybridized carbons (Fsp3) is 0.357. The van der Waals surface area contributed by atoms with Gasteiger partial charge >= 0.3 is 0 Å². The lowest BCUT2D eigenvalue weighted by molar-refractivity contribution is 0.407. The Labute approximate surface area is 118 Å². The molecule has 2 rings (SSSR count). The number of nitriles is 1. The Morgan fingerprint density at radius 2 is 2.05 bits per heavy atom. The van der Waals surface area contributed by atoms with Gasteiger partial charge in [-0.2, -0.15) is 5.26 Å². The number of anilines is 1. The van der Waals surface area contributed by atoms with E-state index in [9.17, 15) is 0 Å². The van der Waals surface area contributed by atoms with Gasteiger partial charge in [0.1, 0.15) is 11.8 Å². The molecule has 0 aliphatic rings. The molecule has 2 aromatic rings. The van der Waals surface area contributed by atoms with E-state index in [-0.39, 0.29) is 0 Å². The summed E-state index contributed by atoms with van der Waals surface area (Å²) < 4.78 is 5.38. The van der Waals surface area contributed by atoms with E-state index in [1.165, 1.54) is 0 Å². The first-order valence-electron chi connectivity index (χ1n) is 6.35. The van der Waals surface area contributed by atoms with Crippen molar-refractivity contribution in [3.05, 3.63) is 42.0 Å². The number of likely N-dealkylation sites (N-methyl/N-ethyl adjacent to an activating group) is 1. The van der Waals surface area contributed by atoms with Crippen LogP contribution in [0.15, 0.2) is 34.9 Å². The van der Waals surface area contributed by atoms with Crippen molar-refractivity contribution in [2.75, 3.05) is 32.1 Å². The summed E-state index contributed by atoms with van der Waals surface area (Å²) in [5.74, 6) is 1.61. The van der Waals surface area contributed by atoms with E-state index in [0.29, 0.717) is 12.2 Å². The Kier molecular flexibility index (Phi) is 4.69. The Hall–Kier alpha value is -2.39. The number of aromatic nitrogens is 2. The van der Waals surface area contributed by atoms with Gasteiger partial charge in [0.25, 0.3) is 0 Å². The topological polar surface area (TPSA) is 69.2 Å². The van der Waals surface area contributed by atoms with Gasteiger partial charge in [0.05, 0.1) is 12.8 Å². The summed E-state index contributed by atoms with van der Waals surface area (Å²) in [5.41, 5.74) is 0.319. The highest BCUT2D eigenvalue weighted by molar-refractivity contribution is 5.39. The number of hydrogen-bond donors (Lipinski definition) is 0. The van der Waals surface area contributed by atoms with Gasteiger partial charge in [-0.15, -0.1) is 10.2 Å². The molecule has 0 saturated carbocycles. The van der Waals surface area contributed by atoms with E-state index in [4.69, 9.17) is 9.68 Å². The first-order chi connectivity index (χ1) is 9.69. The minimum atomic E-state index is 0.319. The third kappa shape index (κ3) is 3.80. The molecule has 0 radical (unpaired) electrons. The van der Waals surface area contributed by atoms with E-state index >= 15 is 0 Å². The van der Waals surface area contributed by atoms with E-state index in [1.807, 2.05) is 38.4 Å². The maximum absolute atomic E-state index is 8.76. The zero-order chi connectivity index (χ0) is 14.4. The van der Waals surface area contributed by atoms with Crippen LogP contribution in [0.5, 0.6) is 0 Å². The van der Waals surface area contributed by atoms with Crippen LogP contribution in [0.25, 0.3) is 0 Å². The normalized spacial score (nSPS) is 10.5. The molecule has 20 heavy (non-hydrogen) atoms. The second kappa shape index (κ2) is 6.68. The predicted molar refractivity (Wildman–Crippen MR) is 75.1 cm³/mol. The van der Waals surface area contributed by atoms with Gasteiger partial charge in [-0.3, -0.25) is 0 Å². The van der Waals surface area contributed by atoms with Crippen LogP contribution in [0.3, 0.4) is 0 Å². The molecule has 2 heterocycles. The van der Waals surface area contributed by atoms with E-state index in [1.54, 1.807) is 12.3 Å². The SMILES string of the molecule is CN(C)CCN(Cc1ccco1)c1ccc(C#N)nn1. The van der Waals surface area contributed by atoms with Crippen molar-refractivity contribution in [1.29, 1.82) is 5.26 Å². The van der Waals surface area contributed by atoms with E-state index in [2.05, 4.69) is 20.0 Å². The van der Waals surface area contributed by atoms with Crippen molar-refractivity contribution in [2.45, 2.75) is 6.54 Å². The average Bonchev–Trinajstić information content (AvgIpc) is 2.96. The van der Waals surface area contributed by atoms with Crippen LogP contribution in [0.2, 0.25) is 0 Å². The molecule has 0 N–H and O–H groups in total. The van der Waals surface area contributed by atoms with Crippen molar-refractivity contribution in [2.24, 2.45) is 0 Å². The second-order valence-corrected chi connectivity index (χ2v) is 4.69. The molecule has 0 bridgehead atoms. The summed E-state index contributed by atoms with van der Waals surface area (Å²) >= 11 is 0. The van der Waals surface area contributed by atoms with E-state index < -0.39 is 0 Å². The fourth-order valence-electron chi connectivity index (χ4n) is 1.74. The molecule has 0 fully saturated rings. The predicted octanol–water partition coefficient (Wildman–Crippen LogP) is 1.51. The quantitative estimate of drug-likeness (QED) is 0.793. The summed E-state index contributed by atoms with van der Waals surface area (Å²) in [4.78, 5) is 4.18. The van der Waals surface area contributed by atoms with Gasteiger partial charge in [-0.25, -0.2) is 0 Å². The van der Waals surface area contributed by atoms with Crippen LogP contribution in [-0.4, -0.2) is 42.3 Å². The van der Waals surface area contributed by atoms with Crippen LogP contribution in [0.4, 0.5) is 5.82 Å². The lowest BCUT2D eigenvalue weighted by Gasteiger charge is -2.23. The van der Waals surface area contributed by atoms with Gasteiger partial charge in [-0.05, 0) is 38.4 Å². The number of furan rings is 1. The van der Waals surface area contributed by atoms with Gasteiger partial charge in [0.15, 0.2) is 11.5 Å². The highest BCUT2D eigenvalue weighted by atomic mass is 16.3. The first-order valence-corrected chi connectivity index (χ1v) is 6.35. The maximum Gasteiger partial charge on any atom is 0.163 e. The molecule has 6 heteroatoms. The minimum absolute atomic E-state index is 0.319. The number of rotatable bonds is 6. The van der Waals surface area contributed by atoms with Crippen molar-refractivity contribution < 1.29 is 4.42 Å². The lowest BCUT2D eigenvalue weighted by Crippen LogP contribution is -2.32. The molecule has 0 spiro atoms. The Bertz CT molecular complexity index is 556. The van der Waals surface area contributed by atoms with Gasteiger partial charge in [0, 0.05) is 13.1 Å². The van der Waals surface area contributed by atoms with Crippen LogP contribution in [-0.2, 0) is 6.54 Å². The van der Waals surface area contributed by atoms with Crippen LogP contribution in [0, 0.1) is 11.3 Å². The van der Waals surface area contributed by atoms with Crippen LogP contribution >= 0.6 is 0 Å². The zero-order valence-electron chi connectivity index (χ0n) is 11.7. The third-order valence-electron chi connectivity index (χ3n) is 2.83. The van der Waals surface area contributed by atoms with Gasteiger partial charge < -0.3 is 14.2 Å². The monoisotopic (exact) mass is 271 g/mol. The zero-order valence-corrected chi connectivity index (χ0v) is 11.7. The molecular formula is C14H17N5O. The van der Waals surface area contributed by atoms with Crippen LogP contribution in [0.1, 0.15) is 11.5 Å². The second-order valence-electron chi connectivity index (χ2n) is 4.69. The standard InChI is InChI=1S/C14H17N5O/c1-18(2)7-8-19(11-13-4-3-9-20-13)14-6-5-12(10-15)16-17-14/h3-6,9H,7-8,11H2,1-2H3. The average molecular weight is 271 g/mol. The summed E-state index contributed by atoms with van der Waals surface area (Å²) in [7, 11) is 4.05. The van der Waals surface area contributed by atoms with Crippen molar-refractivity contribution in [1.82, 2.24) is 15.1 Å². The molecule has 0 aliphatic heterocycles. The Morgan fingerprint density at radius 3 is 2.60 bits per heavy atom. The largest absolute Gasteiger partial charge is 0.467 e. The Balaban J connectivity index is 2.13. The van der Waals surface area contributed by atoms with Crippen molar-refractivity contribution in [3.63, 3.8) is 0 Å². The summed E-state index contributed by atoms with van der Waals surface area (Å²) in [5, 5.41) is 16.7. The first kappa shape index (κ1) is 14.0. The van der Waals surface area contributed by atoms with Crippen LogP contribution < -0.4 is 4.90 Å². The molecular weight excluding hydrogens is 254 g/mol. The fourth-order valence-corrected chi connectivity index (χ4v) is 1.74. The van der Waals surface area contributed by atoms with E-state index in [0.717, 1.165) is 24.7 Å². The smallest absolute Gasteiger partial charge is 0.163 e. The van der Waals surface area contributed by atoms with Crippen molar-refractivity contribution >= 4 is 5.82 Å². The third-order valence-corrected chi connectivity index (χ3v) is 2.83. The minimum Gasteiger partial charge on any atom is -0.467 e. The molecule has 0 unspecified atom stereocenters. The number of nitrogens with zero attached hydrogens (tertiary/aromatic N) is 5. The molecule has 2 aromatic heterocycles. The molecule has 0 aliphatic carbocycles. The highest BCUT2D eigenvalue weighted by Crippen LogP contribution is 2.14. The Morgan fingerprint density at radius 1 is 1.20 bits per heavy atom. The van der Waals surface area contributed by atoms with Gasteiger partial charge in [-0.1, -0.05) is 0 Å². The highest BCUT2D eigenvalue weighted by Gasteiger charge is 2.11. The summed E-state index contributed by atoms with van der Waals surface area (Å²) in [6.07, 6.45) is 1.66. The molecule has 0 saturated heterocycles. The number of hydrogen-bond acceptors (Lipinski definition) is 6. The maximum atomic E-state index is 8.76. The van der Waals surface area contributed by atoms with Crippen molar-refractivity contribution in [3.8, 4) is 6.07 Å².